The first-order valence-electron chi connectivity index (χ1n) is 9.44. The lowest BCUT2D eigenvalue weighted by molar-refractivity contribution is -0.0367. The van der Waals surface area contributed by atoms with E-state index in [4.69, 9.17) is 4.74 Å². The molecule has 0 amide bonds. The number of hydrogen-bond acceptors (Lipinski definition) is 5. The van der Waals surface area contributed by atoms with Gasteiger partial charge in [-0.2, -0.15) is 0 Å². The molecular formula is C18H35FN2O3. The molecule has 0 radical (unpaired) electrons. The summed E-state index contributed by atoms with van der Waals surface area (Å²) in [5.41, 5.74) is 0. The van der Waals surface area contributed by atoms with Gasteiger partial charge in [-0.05, 0) is 40.0 Å². The van der Waals surface area contributed by atoms with Crippen LogP contribution < -0.4 is 0 Å². The monoisotopic (exact) mass is 346 g/mol. The minimum Gasteiger partial charge on any atom is -0.393 e. The maximum Gasteiger partial charge on any atom is 0.128 e. The van der Waals surface area contributed by atoms with Gasteiger partial charge in [-0.3, -0.25) is 4.90 Å². The molecule has 142 valence electrons. The number of piperidine rings is 2. The summed E-state index contributed by atoms with van der Waals surface area (Å²) < 4.78 is 19.2. The first-order chi connectivity index (χ1) is 11.4. The van der Waals surface area contributed by atoms with E-state index in [2.05, 4.69) is 30.6 Å². The summed E-state index contributed by atoms with van der Waals surface area (Å²) in [6.07, 6.45) is -0.121. The summed E-state index contributed by atoms with van der Waals surface area (Å²) in [4.78, 5) is 4.53. The molecule has 0 aliphatic carbocycles. The van der Waals surface area contributed by atoms with Crippen LogP contribution in [0.3, 0.4) is 0 Å². The highest BCUT2D eigenvalue weighted by Gasteiger charge is 2.30. The number of hydrogen-bond donors (Lipinski definition) is 2. The molecule has 0 spiro atoms. The fourth-order valence-corrected chi connectivity index (χ4v) is 3.68. The summed E-state index contributed by atoms with van der Waals surface area (Å²) in [6, 6.07) is 0.778. The zero-order valence-corrected chi connectivity index (χ0v) is 15.4. The van der Waals surface area contributed by atoms with Crippen molar-refractivity contribution in [1.82, 2.24) is 9.80 Å². The maximum absolute atomic E-state index is 13.3. The molecule has 0 aromatic heterocycles. The second-order valence-electron chi connectivity index (χ2n) is 7.78. The second-order valence-corrected chi connectivity index (χ2v) is 7.78. The number of rotatable bonds is 7. The minimum absolute atomic E-state index is 0.181. The van der Waals surface area contributed by atoms with E-state index in [-0.39, 0.29) is 18.1 Å². The molecule has 2 aliphatic rings. The zero-order valence-electron chi connectivity index (χ0n) is 15.4. The van der Waals surface area contributed by atoms with Crippen LogP contribution in [0.4, 0.5) is 4.39 Å². The molecule has 5 nitrogen and oxygen atoms in total. The molecule has 0 saturated carbocycles. The smallest absolute Gasteiger partial charge is 0.128 e. The molecule has 2 fully saturated rings. The van der Waals surface area contributed by atoms with Gasteiger partial charge in [0.1, 0.15) is 6.17 Å². The van der Waals surface area contributed by atoms with Crippen LogP contribution in [0.15, 0.2) is 0 Å². The molecular weight excluding hydrogens is 311 g/mol. The SMILES string of the molecule is CC(C)N1CC[C@H](O)[C@@H](COCCC(C)N2CC[C@@H](F)[C@H](O)C2)C1. The van der Waals surface area contributed by atoms with Crippen molar-refractivity contribution >= 4 is 0 Å². The van der Waals surface area contributed by atoms with E-state index in [1.54, 1.807) is 0 Å². The number of nitrogens with zero attached hydrogens (tertiary/aromatic N) is 2. The third kappa shape index (κ3) is 5.63. The fourth-order valence-electron chi connectivity index (χ4n) is 3.68. The van der Waals surface area contributed by atoms with Crippen LogP contribution in [0.5, 0.6) is 0 Å². The Balaban J connectivity index is 1.65. The Kier molecular flexibility index (Phi) is 7.88. The molecule has 2 aliphatic heterocycles. The van der Waals surface area contributed by atoms with Gasteiger partial charge in [0.25, 0.3) is 0 Å². The molecule has 2 rings (SSSR count). The minimum atomic E-state index is -1.08. The van der Waals surface area contributed by atoms with Gasteiger partial charge in [0, 0.05) is 50.8 Å². The van der Waals surface area contributed by atoms with Crippen LogP contribution >= 0.6 is 0 Å². The van der Waals surface area contributed by atoms with Gasteiger partial charge >= 0.3 is 0 Å². The van der Waals surface area contributed by atoms with Crippen LogP contribution in [-0.2, 0) is 4.74 Å². The van der Waals surface area contributed by atoms with Crippen LogP contribution in [-0.4, -0.2) is 89.9 Å². The fraction of sp³-hybridized carbons (Fsp3) is 1.00. The Labute approximate surface area is 145 Å². The Morgan fingerprint density at radius 1 is 1.04 bits per heavy atom. The van der Waals surface area contributed by atoms with Crippen molar-refractivity contribution in [3.63, 3.8) is 0 Å². The summed E-state index contributed by atoms with van der Waals surface area (Å²) >= 11 is 0. The number of alkyl halides is 1. The van der Waals surface area contributed by atoms with Gasteiger partial charge in [-0.15, -0.1) is 0 Å². The van der Waals surface area contributed by atoms with Crippen molar-refractivity contribution in [2.75, 3.05) is 39.4 Å². The maximum atomic E-state index is 13.3. The Hall–Kier alpha value is -0.270. The summed E-state index contributed by atoms with van der Waals surface area (Å²) in [5, 5.41) is 19.8. The topological polar surface area (TPSA) is 56.2 Å². The summed E-state index contributed by atoms with van der Waals surface area (Å²) in [7, 11) is 0. The molecule has 2 heterocycles. The number of likely N-dealkylation sites (tertiary alicyclic amines) is 2. The van der Waals surface area contributed by atoms with Crippen LogP contribution in [0.25, 0.3) is 0 Å². The van der Waals surface area contributed by atoms with Crippen LogP contribution in [0.1, 0.15) is 40.0 Å². The molecule has 2 saturated heterocycles. The number of halogens is 1. The van der Waals surface area contributed by atoms with E-state index < -0.39 is 12.3 Å². The average Bonchev–Trinajstić information content (AvgIpc) is 2.55. The van der Waals surface area contributed by atoms with Crippen molar-refractivity contribution < 1.29 is 19.3 Å². The van der Waals surface area contributed by atoms with Crippen molar-refractivity contribution in [3.8, 4) is 0 Å². The average molecular weight is 346 g/mol. The van der Waals surface area contributed by atoms with Crippen molar-refractivity contribution in [2.24, 2.45) is 5.92 Å². The third-order valence-electron chi connectivity index (χ3n) is 5.62. The predicted octanol–water partition coefficient (Wildman–Crippen LogP) is 1.28. The third-order valence-corrected chi connectivity index (χ3v) is 5.62. The van der Waals surface area contributed by atoms with E-state index in [1.807, 2.05) is 0 Å². The molecule has 1 unspecified atom stereocenters. The highest BCUT2D eigenvalue weighted by molar-refractivity contribution is 4.83. The van der Waals surface area contributed by atoms with Crippen molar-refractivity contribution in [1.29, 1.82) is 0 Å². The molecule has 6 heteroatoms. The van der Waals surface area contributed by atoms with Gasteiger partial charge in [0.15, 0.2) is 0 Å². The lowest BCUT2D eigenvalue weighted by Gasteiger charge is -2.38. The van der Waals surface area contributed by atoms with Crippen molar-refractivity contribution in [2.45, 2.75) is 70.5 Å². The lowest BCUT2D eigenvalue weighted by Crippen LogP contribution is -2.49. The predicted molar refractivity (Wildman–Crippen MR) is 92.8 cm³/mol. The number of β-amino-alcohol motifs (C(OH)–C–C–N with tert-alkyl or cyclic N) is 1. The van der Waals surface area contributed by atoms with Crippen molar-refractivity contribution in [3.05, 3.63) is 0 Å². The van der Waals surface area contributed by atoms with Gasteiger partial charge < -0.3 is 19.8 Å². The molecule has 0 bridgehead atoms. The summed E-state index contributed by atoms with van der Waals surface area (Å²) in [6.45, 7) is 10.7. The van der Waals surface area contributed by atoms with E-state index in [0.717, 1.165) is 25.9 Å². The quantitative estimate of drug-likeness (QED) is 0.680. The highest BCUT2D eigenvalue weighted by Crippen LogP contribution is 2.20. The number of ether oxygens (including phenoxy) is 1. The Morgan fingerprint density at radius 3 is 2.42 bits per heavy atom. The normalized spacial score (nSPS) is 34.6. The van der Waals surface area contributed by atoms with Gasteiger partial charge in [-0.25, -0.2) is 4.39 Å². The molecule has 2 N–H and O–H groups in total. The Bertz CT molecular complexity index is 372. The zero-order chi connectivity index (χ0) is 17.7. The first kappa shape index (κ1) is 20.0. The highest BCUT2D eigenvalue weighted by atomic mass is 19.1. The first-order valence-corrected chi connectivity index (χ1v) is 9.44. The number of aliphatic hydroxyl groups excluding tert-OH is 2. The van der Waals surface area contributed by atoms with Gasteiger partial charge in [-0.1, -0.05) is 0 Å². The summed E-state index contributed by atoms with van der Waals surface area (Å²) in [5.74, 6) is 0.181. The standard InChI is InChI=1S/C18H35FN2O3/c1-13(2)20-8-5-17(22)15(10-20)12-24-9-6-14(3)21-7-4-16(19)18(23)11-21/h13-18,22-23H,4-12H2,1-3H3/t14?,15-,16-,17+,18-/m1/s1. The largest absolute Gasteiger partial charge is 0.393 e. The van der Waals surface area contributed by atoms with Crippen LogP contribution in [0, 0.1) is 5.92 Å². The lowest BCUT2D eigenvalue weighted by atomic mass is 9.94. The molecule has 0 aromatic carbocycles. The van der Waals surface area contributed by atoms with E-state index >= 15 is 0 Å². The molecule has 0 aromatic rings. The Morgan fingerprint density at radius 2 is 1.75 bits per heavy atom. The second kappa shape index (κ2) is 9.43. The molecule has 24 heavy (non-hydrogen) atoms. The molecule has 5 atom stereocenters. The number of aliphatic hydroxyl groups is 2. The van der Waals surface area contributed by atoms with Crippen LogP contribution in [0.2, 0.25) is 0 Å². The van der Waals surface area contributed by atoms with E-state index in [9.17, 15) is 14.6 Å². The van der Waals surface area contributed by atoms with Gasteiger partial charge in [0.05, 0.1) is 18.8 Å². The van der Waals surface area contributed by atoms with Gasteiger partial charge in [0.2, 0.25) is 0 Å². The van der Waals surface area contributed by atoms with E-state index in [0.29, 0.717) is 38.8 Å². The van der Waals surface area contributed by atoms with E-state index in [1.165, 1.54) is 0 Å².